The molecule has 3 nitrogen and oxygen atoms in total. The van der Waals surface area contributed by atoms with E-state index in [9.17, 15) is 0 Å². The van der Waals surface area contributed by atoms with Crippen molar-refractivity contribution in [3.05, 3.63) is 9.72 Å². The molecule has 0 unspecified atom stereocenters. The fraction of sp³-hybridized carbons (Fsp3) is 0.778. The Morgan fingerprint density at radius 2 is 2.15 bits per heavy atom. The Kier molecular flexibility index (Phi) is 3.18. The minimum absolute atomic E-state index is 0.721. The molecule has 72 valence electrons. The minimum Gasteiger partial charge on any atom is -0.339 e. The quantitative estimate of drug-likeness (QED) is 0.804. The van der Waals surface area contributed by atoms with Crippen LogP contribution in [0.3, 0.4) is 0 Å². The van der Waals surface area contributed by atoms with Crippen LogP contribution in [0.15, 0.2) is 4.52 Å². The summed E-state index contributed by atoms with van der Waals surface area (Å²) in [6.07, 6.45) is 7.79. The zero-order valence-corrected chi connectivity index (χ0v) is 9.66. The molecular weight excluding hydrogens is 279 g/mol. The SMILES string of the molecule is Ic1noc(CCC2CCCC2)n1. The van der Waals surface area contributed by atoms with Gasteiger partial charge in [0.1, 0.15) is 0 Å². The lowest BCUT2D eigenvalue weighted by Gasteiger charge is -2.04. The van der Waals surface area contributed by atoms with Gasteiger partial charge in [0.2, 0.25) is 9.72 Å². The van der Waals surface area contributed by atoms with E-state index in [0.717, 1.165) is 22.1 Å². The Bertz CT molecular complexity index is 268. The molecule has 1 heterocycles. The van der Waals surface area contributed by atoms with E-state index in [1.165, 1.54) is 32.1 Å². The van der Waals surface area contributed by atoms with E-state index in [-0.39, 0.29) is 0 Å². The highest BCUT2D eigenvalue weighted by atomic mass is 127. The molecule has 1 fully saturated rings. The first-order valence-electron chi connectivity index (χ1n) is 4.82. The number of rotatable bonds is 3. The summed E-state index contributed by atoms with van der Waals surface area (Å²) in [5, 5.41) is 3.76. The van der Waals surface area contributed by atoms with Crippen molar-refractivity contribution in [2.75, 3.05) is 0 Å². The molecule has 1 saturated carbocycles. The zero-order valence-electron chi connectivity index (χ0n) is 7.50. The van der Waals surface area contributed by atoms with Crippen LogP contribution in [0.2, 0.25) is 0 Å². The Morgan fingerprint density at radius 1 is 1.38 bits per heavy atom. The van der Waals surface area contributed by atoms with Gasteiger partial charge in [-0.15, -0.1) is 0 Å². The summed E-state index contributed by atoms with van der Waals surface area (Å²) < 4.78 is 5.78. The Balaban J connectivity index is 1.78. The van der Waals surface area contributed by atoms with Crippen LogP contribution in [0.5, 0.6) is 0 Å². The van der Waals surface area contributed by atoms with E-state index in [2.05, 4.69) is 32.7 Å². The monoisotopic (exact) mass is 292 g/mol. The summed E-state index contributed by atoms with van der Waals surface area (Å²) in [4.78, 5) is 4.18. The van der Waals surface area contributed by atoms with Crippen molar-refractivity contribution in [3.63, 3.8) is 0 Å². The second-order valence-electron chi connectivity index (χ2n) is 3.65. The van der Waals surface area contributed by atoms with Crippen LogP contribution >= 0.6 is 22.6 Å². The molecule has 13 heavy (non-hydrogen) atoms. The average molecular weight is 292 g/mol. The van der Waals surface area contributed by atoms with Gasteiger partial charge in [-0.2, -0.15) is 4.98 Å². The van der Waals surface area contributed by atoms with Crippen LogP contribution in [0.25, 0.3) is 0 Å². The second-order valence-corrected chi connectivity index (χ2v) is 4.61. The van der Waals surface area contributed by atoms with Gasteiger partial charge in [-0.05, 0) is 12.3 Å². The van der Waals surface area contributed by atoms with Gasteiger partial charge in [0, 0.05) is 29.0 Å². The minimum atomic E-state index is 0.721. The molecule has 0 aliphatic heterocycles. The second kappa shape index (κ2) is 4.39. The molecule has 2 rings (SSSR count). The predicted molar refractivity (Wildman–Crippen MR) is 57.3 cm³/mol. The maximum absolute atomic E-state index is 5.06. The maximum Gasteiger partial charge on any atom is 0.232 e. The third kappa shape index (κ3) is 2.65. The number of aryl methyl sites for hydroxylation is 1. The summed E-state index contributed by atoms with van der Waals surface area (Å²) >= 11 is 2.07. The van der Waals surface area contributed by atoms with Crippen molar-refractivity contribution >= 4 is 22.6 Å². The van der Waals surface area contributed by atoms with Crippen LogP contribution in [0, 0.1) is 9.75 Å². The van der Waals surface area contributed by atoms with Gasteiger partial charge in [-0.3, -0.25) is 0 Å². The molecule has 1 aromatic heterocycles. The molecule has 1 aromatic rings. The average Bonchev–Trinajstić information content (AvgIpc) is 2.71. The lowest BCUT2D eigenvalue weighted by atomic mass is 10.0. The molecule has 1 aliphatic carbocycles. The van der Waals surface area contributed by atoms with Crippen molar-refractivity contribution in [1.29, 1.82) is 0 Å². The smallest absolute Gasteiger partial charge is 0.232 e. The molecule has 0 bridgehead atoms. The maximum atomic E-state index is 5.06. The molecule has 0 aromatic carbocycles. The van der Waals surface area contributed by atoms with Gasteiger partial charge >= 0.3 is 0 Å². The molecule has 0 saturated heterocycles. The summed E-state index contributed by atoms with van der Waals surface area (Å²) in [6, 6.07) is 0. The van der Waals surface area contributed by atoms with Crippen LogP contribution in [-0.4, -0.2) is 10.1 Å². The van der Waals surface area contributed by atoms with E-state index in [0.29, 0.717) is 0 Å². The molecule has 0 amide bonds. The topological polar surface area (TPSA) is 38.9 Å². The first-order valence-corrected chi connectivity index (χ1v) is 5.90. The first kappa shape index (κ1) is 9.43. The highest BCUT2D eigenvalue weighted by Gasteiger charge is 2.15. The van der Waals surface area contributed by atoms with Gasteiger partial charge in [0.15, 0.2) is 0 Å². The molecule has 4 heteroatoms. The van der Waals surface area contributed by atoms with Crippen LogP contribution in [0.4, 0.5) is 0 Å². The number of hydrogen-bond donors (Lipinski definition) is 0. The van der Waals surface area contributed by atoms with E-state index in [1.807, 2.05) is 0 Å². The number of nitrogens with zero attached hydrogens (tertiary/aromatic N) is 2. The predicted octanol–water partition coefficient (Wildman–Crippen LogP) is 2.80. The van der Waals surface area contributed by atoms with Crippen molar-refractivity contribution in [3.8, 4) is 0 Å². The van der Waals surface area contributed by atoms with Gasteiger partial charge in [-0.1, -0.05) is 30.8 Å². The van der Waals surface area contributed by atoms with E-state index < -0.39 is 0 Å². The molecule has 0 spiro atoms. The van der Waals surface area contributed by atoms with Gasteiger partial charge in [-0.25, -0.2) is 0 Å². The number of aromatic nitrogens is 2. The number of hydrogen-bond acceptors (Lipinski definition) is 3. The molecule has 1 aliphatic rings. The normalized spacial score (nSPS) is 18.2. The third-order valence-electron chi connectivity index (χ3n) is 2.68. The van der Waals surface area contributed by atoms with Gasteiger partial charge < -0.3 is 4.52 Å². The molecule has 0 atom stereocenters. The lowest BCUT2D eigenvalue weighted by Crippen LogP contribution is -1.96. The van der Waals surface area contributed by atoms with Crippen molar-refractivity contribution < 1.29 is 4.52 Å². The Morgan fingerprint density at radius 3 is 2.77 bits per heavy atom. The highest BCUT2D eigenvalue weighted by Crippen LogP contribution is 2.28. The van der Waals surface area contributed by atoms with Crippen molar-refractivity contribution in [1.82, 2.24) is 10.1 Å². The van der Waals surface area contributed by atoms with Crippen LogP contribution < -0.4 is 0 Å². The summed E-state index contributed by atoms with van der Waals surface area (Å²) in [7, 11) is 0. The molecule has 0 radical (unpaired) electrons. The summed E-state index contributed by atoms with van der Waals surface area (Å²) in [5.74, 6) is 1.71. The van der Waals surface area contributed by atoms with Crippen LogP contribution in [-0.2, 0) is 6.42 Å². The number of halogens is 1. The fourth-order valence-corrected chi connectivity index (χ4v) is 2.33. The zero-order chi connectivity index (χ0) is 9.10. The van der Waals surface area contributed by atoms with Gasteiger partial charge in [0.25, 0.3) is 0 Å². The molecule has 0 N–H and O–H groups in total. The highest BCUT2D eigenvalue weighted by molar-refractivity contribution is 14.1. The van der Waals surface area contributed by atoms with E-state index in [1.54, 1.807) is 0 Å². The van der Waals surface area contributed by atoms with Crippen LogP contribution in [0.1, 0.15) is 38.0 Å². The first-order chi connectivity index (χ1) is 6.34. The standard InChI is InChI=1S/C9H13IN2O/c10-9-11-8(13-12-9)6-5-7-3-1-2-4-7/h7H,1-6H2. The summed E-state index contributed by atoms with van der Waals surface area (Å²) in [6.45, 7) is 0. The summed E-state index contributed by atoms with van der Waals surface area (Å²) in [5.41, 5.74) is 0. The Labute approximate surface area is 91.4 Å². The van der Waals surface area contributed by atoms with E-state index in [4.69, 9.17) is 4.52 Å². The third-order valence-corrected chi connectivity index (χ3v) is 3.12. The Hall–Kier alpha value is -0.130. The molecular formula is C9H13IN2O. The van der Waals surface area contributed by atoms with E-state index >= 15 is 0 Å². The van der Waals surface area contributed by atoms with Crippen molar-refractivity contribution in [2.45, 2.75) is 38.5 Å². The van der Waals surface area contributed by atoms with Gasteiger partial charge in [0.05, 0.1) is 0 Å². The fourth-order valence-electron chi connectivity index (χ4n) is 1.96. The lowest BCUT2D eigenvalue weighted by molar-refractivity contribution is 0.359. The van der Waals surface area contributed by atoms with Crippen molar-refractivity contribution in [2.24, 2.45) is 5.92 Å². The largest absolute Gasteiger partial charge is 0.339 e.